The predicted molar refractivity (Wildman–Crippen MR) is 103 cm³/mol. The van der Waals surface area contributed by atoms with Gasteiger partial charge in [0.15, 0.2) is 0 Å². The second-order valence-corrected chi connectivity index (χ2v) is 8.22. The normalized spacial score (nSPS) is 12.8. The third kappa shape index (κ3) is 4.91. The highest BCUT2D eigenvalue weighted by Gasteiger charge is 2.17. The van der Waals surface area contributed by atoms with Crippen LogP contribution in [0.3, 0.4) is 0 Å². The molecule has 0 aromatic heterocycles. The van der Waals surface area contributed by atoms with E-state index in [2.05, 4.69) is 34.3 Å². The summed E-state index contributed by atoms with van der Waals surface area (Å²) in [5.41, 5.74) is 2.73. The molecule has 7 heteroatoms. The summed E-state index contributed by atoms with van der Waals surface area (Å²) >= 11 is 0. The Morgan fingerprint density at radius 3 is 2.12 bits per heavy atom. The highest BCUT2D eigenvalue weighted by Crippen LogP contribution is 2.18. The fraction of sp³-hybridized carbons (Fsp3) is 0.316. The van der Waals surface area contributed by atoms with Crippen molar-refractivity contribution in [1.29, 1.82) is 0 Å². The molecule has 0 spiro atoms. The molecule has 2 N–H and O–H groups in total. The largest absolute Gasteiger partial charge is 0.350 e. The molecule has 0 saturated heterocycles. The fourth-order valence-corrected chi connectivity index (χ4v) is 3.31. The summed E-state index contributed by atoms with van der Waals surface area (Å²) in [5, 5.41) is 2.92. The number of aryl methyl sites for hydroxylation is 1. The lowest BCUT2D eigenvalue weighted by molar-refractivity contribution is 0.0942. The Bertz CT molecular complexity index is 845. The number of hydrogen-bond acceptors (Lipinski definition) is 4. The third-order valence-corrected chi connectivity index (χ3v) is 5.67. The predicted octanol–water partition coefficient (Wildman–Crippen LogP) is 1.94. The van der Waals surface area contributed by atoms with E-state index >= 15 is 0 Å². The molecule has 2 aromatic carbocycles. The number of hydrogen-bond donors (Lipinski definition) is 2. The number of benzene rings is 2. The summed E-state index contributed by atoms with van der Waals surface area (Å²) in [6, 6.07) is 14.1. The standard InChI is InChI=1S/C19H25N3O3S/c1-14-5-7-15(8-6-14)18(22(3)4)13-21-19(23)16-9-11-17(12-10-16)26(24,25)20-2/h5-12,18,20H,13H2,1-4H3,(H,21,23). The van der Waals surface area contributed by atoms with Crippen molar-refractivity contribution in [2.45, 2.75) is 17.9 Å². The molecule has 0 heterocycles. The van der Waals surface area contributed by atoms with Crippen LogP contribution in [0.25, 0.3) is 0 Å². The van der Waals surface area contributed by atoms with Gasteiger partial charge in [-0.25, -0.2) is 13.1 Å². The summed E-state index contributed by atoms with van der Waals surface area (Å²) in [6.45, 7) is 2.49. The van der Waals surface area contributed by atoms with Crippen molar-refractivity contribution in [3.05, 3.63) is 65.2 Å². The van der Waals surface area contributed by atoms with E-state index in [1.807, 2.05) is 25.9 Å². The van der Waals surface area contributed by atoms with Gasteiger partial charge in [0, 0.05) is 12.1 Å². The minimum Gasteiger partial charge on any atom is -0.350 e. The third-order valence-electron chi connectivity index (χ3n) is 4.24. The Morgan fingerprint density at radius 1 is 1.04 bits per heavy atom. The Balaban J connectivity index is 2.07. The molecule has 1 amide bonds. The SMILES string of the molecule is CNS(=O)(=O)c1ccc(C(=O)NCC(c2ccc(C)cc2)N(C)C)cc1. The molecule has 0 aliphatic rings. The second kappa shape index (κ2) is 8.44. The fourth-order valence-electron chi connectivity index (χ4n) is 2.58. The Morgan fingerprint density at radius 2 is 1.62 bits per heavy atom. The van der Waals surface area contributed by atoms with Gasteiger partial charge in [-0.05, 0) is 57.9 Å². The van der Waals surface area contributed by atoms with Crippen molar-refractivity contribution in [2.75, 3.05) is 27.7 Å². The Labute approximate surface area is 155 Å². The van der Waals surface area contributed by atoms with E-state index in [9.17, 15) is 13.2 Å². The molecular weight excluding hydrogens is 350 g/mol. The summed E-state index contributed by atoms with van der Waals surface area (Å²) in [7, 11) is 1.78. The lowest BCUT2D eigenvalue weighted by atomic mass is 10.0. The first kappa shape index (κ1) is 20.1. The van der Waals surface area contributed by atoms with Gasteiger partial charge in [-0.15, -0.1) is 0 Å². The van der Waals surface area contributed by atoms with Gasteiger partial charge < -0.3 is 10.2 Å². The number of likely N-dealkylation sites (N-methyl/N-ethyl adjacent to an activating group) is 1. The monoisotopic (exact) mass is 375 g/mol. The molecule has 0 bridgehead atoms. The highest BCUT2D eigenvalue weighted by molar-refractivity contribution is 7.89. The zero-order valence-corrected chi connectivity index (χ0v) is 16.3. The smallest absolute Gasteiger partial charge is 0.251 e. The van der Waals surface area contributed by atoms with Crippen LogP contribution in [0.15, 0.2) is 53.4 Å². The van der Waals surface area contributed by atoms with E-state index in [4.69, 9.17) is 0 Å². The first-order valence-electron chi connectivity index (χ1n) is 8.29. The van der Waals surface area contributed by atoms with E-state index in [0.29, 0.717) is 12.1 Å². The molecule has 2 aromatic rings. The van der Waals surface area contributed by atoms with Crippen LogP contribution in [0.1, 0.15) is 27.5 Å². The minimum absolute atomic E-state index is 0.0449. The van der Waals surface area contributed by atoms with Crippen molar-refractivity contribution in [2.24, 2.45) is 0 Å². The lowest BCUT2D eigenvalue weighted by Gasteiger charge is -2.25. The van der Waals surface area contributed by atoms with Gasteiger partial charge in [0.2, 0.25) is 10.0 Å². The Kier molecular flexibility index (Phi) is 6.52. The molecule has 0 saturated carbocycles. The number of rotatable bonds is 7. The van der Waals surface area contributed by atoms with E-state index in [0.717, 1.165) is 5.56 Å². The lowest BCUT2D eigenvalue weighted by Crippen LogP contribution is -2.34. The summed E-state index contributed by atoms with van der Waals surface area (Å²) in [4.78, 5) is 14.6. The van der Waals surface area contributed by atoms with Crippen LogP contribution in [-0.2, 0) is 10.0 Å². The molecular formula is C19H25N3O3S. The van der Waals surface area contributed by atoms with Gasteiger partial charge in [-0.3, -0.25) is 4.79 Å². The quantitative estimate of drug-likeness (QED) is 0.775. The van der Waals surface area contributed by atoms with E-state index in [1.165, 1.54) is 36.9 Å². The molecule has 6 nitrogen and oxygen atoms in total. The second-order valence-electron chi connectivity index (χ2n) is 6.33. The highest BCUT2D eigenvalue weighted by atomic mass is 32.2. The molecule has 140 valence electrons. The maximum absolute atomic E-state index is 12.4. The molecule has 26 heavy (non-hydrogen) atoms. The minimum atomic E-state index is -3.51. The van der Waals surface area contributed by atoms with E-state index in [1.54, 1.807) is 0 Å². The zero-order valence-electron chi connectivity index (χ0n) is 15.5. The number of nitrogens with zero attached hydrogens (tertiary/aromatic N) is 1. The molecule has 0 fully saturated rings. The zero-order chi connectivity index (χ0) is 19.3. The van der Waals surface area contributed by atoms with Crippen molar-refractivity contribution < 1.29 is 13.2 Å². The van der Waals surface area contributed by atoms with E-state index < -0.39 is 10.0 Å². The van der Waals surface area contributed by atoms with Crippen LogP contribution in [0.2, 0.25) is 0 Å². The first-order chi connectivity index (χ1) is 12.2. The van der Waals surface area contributed by atoms with Crippen molar-refractivity contribution in [3.8, 4) is 0 Å². The molecule has 1 atom stereocenters. The van der Waals surface area contributed by atoms with Crippen LogP contribution < -0.4 is 10.0 Å². The van der Waals surface area contributed by atoms with Crippen molar-refractivity contribution in [3.63, 3.8) is 0 Å². The topological polar surface area (TPSA) is 78.5 Å². The van der Waals surface area contributed by atoms with Gasteiger partial charge in [-0.2, -0.15) is 0 Å². The number of amides is 1. The summed E-state index contributed by atoms with van der Waals surface area (Å²) in [6.07, 6.45) is 0. The van der Waals surface area contributed by atoms with Gasteiger partial charge in [0.25, 0.3) is 5.91 Å². The summed E-state index contributed by atoms with van der Waals surface area (Å²) < 4.78 is 25.7. The number of carbonyl (C=O) groups excluding carboxylic acids is 1. The molecule has 1 unspecified atom stereocenters. The van der Waals surface area contributed by atoms with Gasteiger partial charge in [-0.1, -0.05) is 29.8 Å². The molecule has 2 rings (SSSR count). The van der Waals surface area contributed by atoms with Crippen molar-refractivity contribution in [1.82, 2.24) is 14.9 Å². The number of sulfonamides is 1. The molecule has 0 radical (unpaired) electrons. The van der Waals surface area contributed by atoms with Gasteiger partial charge in [0.1, 0.15) is 0 Å². The average Bonchev–Trinajstić information content (AvgIpc) is 2.63. The van der Waals surface area contributed by atoms with Crippen LogP contribution in [-0.4, -0.2) is 46.9 Å². The van der Waals surface area contributed by atoms with Crippen LogP contribution in [0, 0.1) is 6.92 Å². The van der Waals surface area contributed by atoms with Crippen LogP contribution in [0.5, 0.6) is 0 Å². The summed E-state index contributed by atoms with van der Waals surface area (Å²) in [5.74, 6) is -0.239. The number of nitrogens with one attached hydrogen (secondary N) is 2. The number of carbonyl (C=O) groups is 1. The molecule has 0 aliphatic carbocycles. The molecule has 0 aliphatic heterocycles. The average molecular weight is 375 g/mol. The van der Waals surface area contributed by atoms with E-state index in [-0.39, 0.29) is 16.8 Å². The maximum Gasteiger partial charge on any atom is 0.251 e. The van der Waals surface area contributed by atoms with Crippen molar-refractivity contribution >= 4 is 15.9 Å². The van der Waals surface area contributed by atoms with Gasteiger partial charge >= 0.3 is 0 Å². The van der Waals surface area contributed by atoms with Crippen LogP contribution >= 0.6 is 0 Å². The first-order valence-corrected chi connectivity index (χ1v) is 9.77. The van der Waals surface area contributed by atoms with Gasteiger partial charge in [0.05, 0.1) is 10.9 Å². The Hall–Kier alpha value is -2.22. The maximum atomic E-state index is 12.4. The van der Waals surface area contributed by atoms with Crippen LogP contribution in [0.4, 0.5) is 0 Å².